The Morgan fingerprint density at radius 3 is 2.54 bits per heavy atom. The van der Waals surface area contributed by atoms with Crippen molar-refractivity contribution in [2.24, 2.45) is 0 Å². The topological polar surface area (TPSA) is 46.6 Å². The molecule has 1 aromatic carbocycles. The summed E-state index contributed by atoms with van der Waals surface area (Å²) in [6.07, 6.45) is 1.72. The van der Waals surface area contributed by atoms with Crippen molar-refractivity contribution in [1.29, 1.82) is 0 Å². The fraction of sp³-hybridized carbons (Fsp3) is 0.111. The Morgan fingerprint density at radius 1 is 1.25 bits per heavy atom. The number of anilines is 1. The van der Waals surface area contributed by atoms with Gasteiger partial charge in [0.25, 0.3) is 0 Å². The van der Waals surface area contributed by atoms with Gasteiger partial charge in [-0.3, -0.25) is 4.79 Å². The van der Waals surface area contributed by atoms with Crippen LogP contribution in [0.2, 0.25) is 0 Å². The van der Waals surface area contributed by atoms with Gasteiger partial charge in [0.1, 0.15) is 11.4 Å². The first-order valence-corrected chi connectivity index (χ1v) is 8.05. The number of benzene rings is 1. The standard InChI is InChI=1S/C18H14FNO3S/c1-11-16(18(22)23-2)17(21)15(10-14-4-3-9-24-14)20(11)13-7-5-12(19)6-8-13/h3-10H,1-2H3. The van der Waals surface area contributed by atoms with Crippen LogP contribution in [0.3, 0.4) is 0 Å². The van der Waals surface area contributed by atoms with Gasteiger partial charge in [-0.2, -0.15) is 0 Å². The van der Waals surface area contributed by atoms with Crippen LogP contribution in [0.25, 0.3) is 6.08 Å². The molecule has 0 radical (unpaired) electrons. The molecule has 1 aromatic heterocycles. The highest BCUT2D eigenvalue weighted by molar-refractivity contribution is 7.10. The number of thiophene rings is 1. The molecule has 0 amide bonds. The number of rotatable bonds is 3. The summed E-state index contributed by atoms with van der Waals surface area (Å²) in [5, 5.41) is 1.90. The molecule has 1 aliphatic heterocycles. The second-order valence-corrected chi connectivity index (χ2v) is 6.12. The van der Waals surface area contributed by atoms with Crippen molar-refractivity contribution in [3.63, 3.8) is 0 Å². The highest BCUT2D eigenvalue weighted by Crippen LogP contribution is 2.36. The van der Waals surface area contributed by atoms with E-state index in [4.69, 9.17) is 4.74 Å². The molecule has 0 saturated heterocycles. The number of Topliss-reactive ketones (excluding diaryl/α,β-unsaturated/α-hetero) is 1. The van der Waals surface area contributed by atoms with E-state index in [1.807, 2.05) is 17.5 Å². The molecule has 3 rings (SSSR count). The zero-order valence-corrected chi connectivity index (χ0v) is 13.9. The molecule has 4 nitrogen and oxygen atoms in total. The number of hydrogen-bond donors (Lipinski definition) is 0. The first kappa shape index (κ1) is 16.1. The summed E-state index contributed by atoms with van der Waals surface area (Å²) < 4.78 is 18.0. The number of hydrogen-bond acceptors (Lipinski definition) is 5. The van der Waals surface area contributed by atoms with Crippen molar-refractivity contribution >= 4 is 34.9 Å². The molecule has 0 N–H and O–H groups in total. The molecule has 6 heteroatoms. The summed E-state index contributed by atoms with van der Waals surface area (Å²) >= 11 is 1.48. The van der Waals surface area contributed by atoms with E-state index >= 15 is 0 Å². The third-order valence-corrected chi connectivity index (χ3v) is 4.51. The number of halogens is 1. The molecule has 0 fully saturated rings. The zero-order valence-electron chi connectivity index (χ0n) is 13.1. The maximum atomic E-state index is 13.2. The van der Waals surface area contributed by atoms with Crippen LogP contribution < -0.4 is 4.90 Å². The van der Waals surface area contributed by atoms with E-state index in [0.717, 1.165) is 4.88 Å². The van der Waals surface area contributed by atoms with Gasteiger partial charge < -0.3 is 9.64 Å². The van der Waals surface area contributed by atoms with Gasteiger partial charge in [-0.15, -0.1) is 11.3 Å². The first-order chi connectivity index (χ1) is 11.5. The lowest BCUT2D eigenvalue weighted by atomic mass is 10.1. The van der Waals surface area contributed by atoms with Crippen molar-refractivity contribution in [3.8, 4) is 0 Å². The van der Waals surface area contributed by atoms with Gasteiger partial charge in [0.15, 0.2) is 0 Å². The van der Waals surface area contributed by atoms with E-state index in [0.29, 0.717) is 17.1 Å². The van der Waals surface area contributed by atoms with E-state index in [2.05, 4.69) is 0 Å². The molecule has 0 bridgehead atoms. The molecular weight excluding hydrogens is 329 g/mol. The smallest absolute Gasteiger partial charge is 0.343 e. The van der Waals surface area contributed by atoms with Gasteiger partial charge in [0.05, 0.1) is 12.8 Å². The van der Waals surface area contributed by atoms with Gasteiger partial charge >= 0.3 is 5.97 Å². The maximum absolute atomic E-state index is 13.2. The monoisotopic (exact) mass is 343 g/mol. The Bertz CT molecular complexity index is 851. The average Bonchev–Trinajstić information content (AvgIpc) is 3.16. The molecule has 122 valence electrons. The lowest BCUT2D eigenvalue weighted by Crippen LogP contribution is -2.18. The Labute approximate surface area is 142 Å². The van der Waals surface area contributed by atoms with Gasteiger partial charge in [-0.25, -0.2) is 9.18 Å². The summed E-state index contributed by atoms with van der Waals surface area (Å²) in [6, 6.07) is 9.50. The number of esters is 1. The Balaban J connectivity index is 2.15. The van der Waals surface area contributed by atoms with E-state index in [9.17, 15) is 14.0 Å². The largest absolute Gasteiger partial charge is 0.465 e. The molecule has 0 saturated carbocycles. The fourth-order valence-corrected chi connectivity index (χ4v) is 3.24. The zero-order chi connectivity index (χ0) is 17.3. The maximum Gasteiger partial charge on any atom is 0.343 e. The predicted molar refractivity (Wildman–Crippen MR) is 90.9 cm³/mol. The number of allylic oxidation sites excluding steroid dienone is 2. The van der Waals surface area contributed by atoms with Gasteiger partial charge in [0, 0.05) is 16.3 Å². The molecule has 0 spiro atoms. The minimum absolute atomic E-state index is 0.00960. The van der Waals surface area contributed by atoms with Crippen LogP contribution in [-0.4, -0.2) is 18.9 Å². The molecule has 0 unspecified atom stereocenters. The van der Waals surface area contributed by atoms with Gasteiger partial charge in [-0.05, 0) is 48.7 Å². The number of carbonyl (C=O) groups excluding carboxylic acids is 2. The van der Waals surface area contributed by atoms with Crippen molar-refractivity contribution in [2.45, 2.75) is 6.92 Å². The lowest BCUT2D eigenvalue weighted by Gasteiger charge is -2.21. The predicted octanol–water partition coefficient (Wildman–Crippen LogP) is 3.76. The van der Waals surface area contributed by atoms with Crippen molar-refractivity contribution in [1.82, 2.24) is 0 Å². The summed E-state index contributed by atoms with van der Waals surface area (Å²) in [6.45, 7) is 1.67. The molecule has 0 atom stereocenters. The van der Waals surface area contributed by atoms with E-state index in [-0.39, 0.29) is 11.4 Å². The minimum atomic E-state index is -0.681. The normalized spacial score (nSPS) is 16.2. The van der Waals surface area contributed by atoms with Crippen LogP contribution in [0, 0.1) is 5.82 Å². The summed E-state index contributed by atoms with van der Waals surface area (Å²) in [5.41, 5.74) is 1.39. The second-order valence-electron chi connectivity index (χ2n) is 5.14. The number of ketones is 1. The van der Waals surface area contributed by atoms with Crippen molar-refractivity contribution in [3.05, 3.63) is 69.4 Å². The molecular formula is C18H14FNO3S. The van der Waals surface area contributed by atoms with Gasteiger partial charge in [-0.1, -0.05) is 6.07 Å². The molecule has 2 heterocycles. The quantitative estimate of drug-likeness (QED) is 0.484. The average molecular weight is 343 g/mol. The highest BCUT2D eigenvalue weighted by Gasteiger charge is 2.38. The molecule has 0 aliphatic carbocycles. The van der Waals surface area contributed by atoms with Crippen LogP contribution in [-0.2, 0) is 14.3 Å². The molecule has 2 aromatic rings. The van der Waals surface area contributed by atoms with Crippen LogP contribution in [0.1, 0.15) is 11.8 Å². The van der Waals surface area contributed by atoms with E-state index in [1.54, 1.807) is 30.0 Å². The van der Waals surface area contributed by atoms with Gasteiger partial charge in [0.2, 0.25) is 5.78 Å². The summed E-state index contributed by atoms with van der Waals surface area (Å²) in [4.78, 5) is 27.3. The first-order valence-electron chi connectivity index (χ1n) is 7.17. The number of methoxy groups -OCH3 is 1. The van der Waals surface area contributed by atoms with Crippen LogP contribution in [0.4, 0.5) is 10.1 Å². The summed E-state index contributed by atoms with van der Waals surface area (Å²) in [5.74, 6) is -1.46. The second kappa shape index (κ2) is 6.41. The Kier molecular flexibility index (Phi) is 4.31. The number of ether oxygens (including phenoxy) is 1. The fourth-order valence-electron chi connectivity index (χ4n) is 2.59. The SMILES string of the molecule is COC(=O)C1=C(C)N(c2ccc(F)cc2)C(=Cc2cccs2)C1=O. The third-order valence-electron chi connectivity index (χ3n) is 3.69. The van der Waals surface area contributed by atoms with Crippen molar-refractivity contribution < 1.29 is 18.7 Å². The van der Waals surface area contributed by atoms with Crippen LogP contribution in [0.5, 0.6) is 0 Å². The van der Waals surface area contributed by atoms with Crippen LogP contribution >= 0.6 is 11.3 Å². The molecule has 1 aliphatic rings. The Hall–Kier alpha value is -2.73. The third kappa shape index (κ3) is 2.76. The van der Waals surface area contributed by atoms with E-state index < -0.39 is 11.8 Å². The number of carbonyl (C=O) groups is 2. The highest BCUT2D eigenvalue weighted by atomic mass is 32.1. The van der Waals surface area contributed by atoms with E-state index in [1.165, 1.54) is 30.6 Å². The minimum Gasteiger partial charge on any atom is -0.465 e. The lowest BCUT2D eigenvalue weighted by molar-refractivity contribution is -0.137. The van der Waals surface area contributed by atoms with Crippen LogP contribution in [0.15, 0.2) is 58.7 Å². The molecule has 24 heavy (non-hydrogen) atoms. The summed E-state index contributed by atoms with van der Waals surface area (Å²) in [7, 11) is 1.24. The number of nitrogens with zero attached hydrogens (tertiary/aromatic N) is 1. The Morgan fingerprint density at radius 2 is 1.96 bits per heavy atom. The van der Waals surface area contributed by atoms with Crippen molar-refractivity contribution in [2.75, 3.05) is 12.0 Å².